The van der Waals surface area contributed by atoms with Gasteiger partial charge in [0.15, 0.2) is 0 Å². The molecule has 0 aromatic heterocycles. The van der Waals surface area contributed by atoms with Crippen molar-refractivity contribution in [1.82, 2.24) is 0 Å². The van der Waals surface area contributed by atoms with Gasteiger partial charge in [0.2, 0.25) is 0 Å². The van der Waals surface area contributed by atoms with E-state index in [-0.39, 0.29) is 11.4 Å². The van der Waals surface area contributed by atoms with Crippen molar-refractivity contribution >= 4 is 0 Å². The summed E-state index contributed by atoms with van der Waals surface area (Å²) in [7, 11) is 0. The fourth-order valence-electron chi connectivity index (χ4n) is 1.57. The van der Waals surface area contributed by atoms with Gasteiger partial charge >= 0.3 is 0 Å². The van der Waals surface area contributed by atoms with Gasteiger partial charge in [-0.1, -0.05) is 19.9 Å². The Kier molecular flexibility index (Phi) is 3.27. The Morgan fingerprint density at radius 1 is 1.29 bits per heavy atom. The molecule has 0 aliphatic carbocycles. The van der Waals surface area contributed by atoms with Crippen LogP contribution in [0.4, 0.5) is 4.39 Å². The maximum atomic E-state index is 12.8. The van der Waals surface area contributed by atoms with E-state index in [4.69, 9.17) is 4.74 Å². The summed E-state index contributed by atoms with van der Waals surface area (Å²) < 4.78 is 18.3. The quantitative estimate of drug-likeness (QED) is 0.615. The van der Waals surface area contributed by atoms with Crippen LogP contribution in [0, 0.1) is 5.82 Å². The van der Waals surface area contributed by atoms with Crippen LogP contribution < -0.4 is 0 Å². The van der Waals surface area contributed by atoms with Crippen molar-refractivity contribution in [2.75, 3.05) is 0 Å². The Morgan fingerprint density at radius 3 is 2.57 bits per heavy atom. The zero-order valence-electron chi connectivity index (χ0n) is 9.23. The zero-order chi connectivity index (χ0) is 10.8. The number of rotatable bonds is 0. The highest BCUT2D eigenvalue weighted by Crippen LogP contribution is 2.35. The van der Waals surface area contributed by atoms with E-state index in [0.29, 0.717) is 6.61 Å². The maximum Gasteiger partial charge on any atom is 0.123 e. The van der Waals surface area contributed by atoms with Gasteiger partial charge in [-0.2, -0.15) is 0 Å². The van der Waals surface area contributed by atoms with Gasteiger partial charge in [-0.15, -0.1) is 0 Å². The molecule has 0 amide bonds. The van der Waals surface area contributed by atoms with Crippen LogP contribution in [0.5, 0.6) is 0 Å². The molecule has 1 aromatic rings. The van der Waals surface area contributed by atoms with E-state index in [9.17, 15) is 4.39 Å². The molecule has 1 heterocycles. The second-order valence-electron chi connectivity index (χ2n) is 3.60. The fraction of sp³-hybridized carbons (Fsp3) is 0.500. The fourth-order valence-corrected chi connectivity index (χ4v) is 1.57. The molecule has 0 saturated carbocycles. The summed E-state index contributed by atoms with van der Waals surface area (Å²) in [5.41, 5.74) is 1.75. The van der Waals surface area contributed by atoms with Gasteiger partial charge in [-0.25, -0.2) is 4.39 Å². The van der Waals surface area contributed by atoms with Gasteiger partial charge in [0.25, 0.3) is 0 Å². The molecule has 0 bridgehead atoms. The molecule has 1 aromatic carbocycles. The number of hydrogen-bond donors (Lipinski definition) is 0. The predicted octanol–water partition coefficient (Wildman–Crippen LogP) is 3.62. The maximum absolute atomic E-state index is 12.8. The summed E-state index contributed by atoms with van der Waals surface area (Å²) in [6.45, 7) is 8.51. The van der Waals surface area contributed by atoms with Crippen LogP contribution in [-0.4, -0.2) is 0 Å². The van der Waals surface area contributed by atoms with Gasteiger partial charge in [0, 0.05) is 0 Å². The molecule has 0 radical (unpaired) electrons. The van der Waals surface area contributed by atoms with E-state index >= 15 is 0 Å². The monoisotopic (exact) mass is 196 g/mol. The number of fused-ring (bicyclic) bond motifs is 1. The molecule has 0 unspecified atom stereocenters. The molecule has 0 N–H and O–H groups in total. The van der Waals surface area contributed by atoms with E-state index in [1.54, 1.807) is 12.1 Å². The number of benzene rings is 1. The Hall–Kier alpha value is -0.890. The highest BCUT2D eigenvalue weighted by Gasteiger charge is 2.30. The van der Waals surface area contributed by atoms with Crippen molar-refractivity contribution < 1.29 is 9.13 Å². The highest BCUT2D eigenvalue weighted by atomic mass is 19.1. The molecule has 78 valence electrons. The lowest BCUT2D eigenvalue weighted by Crippen LogP contribution is -2.14. The predicted molar refractivity (Wildman–Crippen MR) is 55.6 cm³/mol. The molecule has 0 fully saturated rings. The van der Waals surface area contributed by atoms with Gasteiger partial charge in [-0.3, -0.25) is 0 Å². The van der Waals surface area contributed by atoms with Crippen molar-refractivity contribution in [2.24, 2.45) is 0 Å². The van der Waals surface area contributed by atoms with Crippen molar-refractivity contribution in [3.63, 3.8) is 0 Å². The van der Waals surface area contributed by atoms with Gasteiger partial charge in [0.1, 0.15) is 5.82 Å². The SMILES string of the molecule is CC.CC1(C)OCc2ccc(F)cc21. The van der Waals surface area contributed by atoms with Gasteiger partial charge < -0.3 is 4.74 Å². The molecule has 0 spiro atoms. The molecule has 14 heavy (non-hydrogen) atoms. The molecule has 2 heteroatoms. The van der Waals surface area contributed by atoms with Crippen LogP contribution >= 0.6 is 0 Å². The molecule has 1 aliphatic rings. The minimum absolute atomic E-state index is 0.188. The molecule has 0 saturated heterocycles. The topological polar surface area (TPSA) is 9.23 Å². The second-order valence-corrected chi connectivity index (χ2v) is 3.60. The van der Waals surface area contributed by atoms with Crippen LogP contribution in [0.25, 0.3) is 0 Å². The van der Waals surface area contributed by atoms with Crippen LogP contribution in [-0.2, 0) is 16.9 Å². The average Bonchev–Trinajstić information content (AvgIpc) is 2.46. The summed E-state index contributed by atoms with van der Waals surface area (Å²) in [5, 5.41) is 0. The van der Waals surface area contributed by atoms with Gasteiger partial charge in [0.05, 0.1) is 12.2 Å². The number of hydrogen-bond acceptors (Lipinski definition) is 1. The molecule has 2 rings (SSSR count). The summed E-state index contributed by atoms with van der Waals surface area (Å²) in [6, 6.07) is 4.82. The second kappa shape index (κ2) is 4.09. The van der Waals surface area contributed by atoms with Crippen LogP contribution in [0.1, 0.15) is 38.8 Å². The largest absolute Gasteiger partial charge is 0.366 e. The summed E-state index contributed by atoms with van der Waals surface area (Å²) in [5.74, 6) is -0.188. The normalized spacial score (nSPS) is 16.9. The standard InChI is InChI=1S/C10H11FO.C2H6/c1-10(2)9-5-8(11)4-3-7(9)6-12-10;1-2/h3-5H,6H2,1-2H3;1-2H3. The molecular weight excluding hydrogens is 179 g/mol. The molecular formula is C12H17FO. The van der Waals surface area contributed by atoms with Crippen molar-refractivity contribution in [3.8, 4) is 0 Å². The lowest BCUT2D eigenvalue weighted by atomic mass is 9.96. The van der Waals surface area contributed by atoms with Crippen LogP contribution in [0.3, 0.4) is 0 Å². The first-order valence-corrected chi connectivity index (χ1v) is 5.02. The third kappa shape index (κ3) is 1.95. The first kappa shape index (κ1) is 11.2. The first-order chi connectivity index (χ1) is 6.59. The van der Waals surface area contributed by atoms with E-state index in [0.717, 1.165) is 11.1 Å². The summed E-state index contributed by atoms with van der Waals surface area (Å²) >= 11 is 0. The lowest BCUT2D eigenvalue weighted by Gasteiger charge is -2.17. The number of halogens is 1. The first-order valence-electron chi connectivity index (χ1n) is 5.02. The number of ether oxygens (including phenoxy) is 1. The Labute approximate surface area is 84.9 Å². The Balaban J connectivity index is 0.000000461. The van der Waals surface area contributed by atoms with Crippen molar-refractivity contribution in [1.29, 1.82) is 0 Å². The zero-order valence-corrected chi connectivity index (χ0v) is 9.23. The van der Waals surface area contributed by atoms with E-state index in [2.05, 4.69) is 0 Å². The highest BCUT2D eigenvalue weighted by molar-refractivity contribution is 5.34. The van der Waals surface area contributed by atoms with Crippen molar-refractivity contribution in [3.05, 3.63) is 35.1 Å². The van der Waals surface area contributed by atoms with Crippen LogP contribution in [0.2, 0.25) is 0 Å². The average molecular weight is 196 g/mol. The Morgan fingerprint density at radius 2 is 1.93 bits per heavy atom. The summed E-state index contributed by atoms with van der Waals surface area (Å²) in [6.07, 6.45) is 0. The third-order valence-corrected chi connectivity index (χ3v) is 2.31. The lowest BCUT2D eigenvalue weighted by molar-refractivity contribution is -0.00798. The van der Waals surface area contributed by atoms with Crippen molar-refractivity contribution in [2.45, 2.75) is 39.9 Å². The smallest absolute Gasteiger partial charge is 0.123 e. The Bertz CT molecular complexity index is 318. The molecule has 1 aliphatic heterocycles. The van der Waals surface area contributed by atoms with E-state index in [1.807, 2.05) is 27.7 Å². The van der Waals surface area contributed by atoms with Crippen LogP contribution in [0.15, 0.2) is 18.2 Å². The minimum atomic E-state index is -0.322. The molecule has 0 atom stereocenters. The van der Waals surface area contributed by atoms with E-state index in [1.165, 1.54) is 6.07 Å². The van der Waals surface area contributed by atoms with E-state index < -0.39 is 0 Å². The third-order valence-electron chi connectivity index (χ3n) is 2.31. The minimum Gasteiger partial charge on any atom is -0.366 e. The summed E-state index contributed by atoms with van der Waals surface area (Å²) in [4.78, 5) is 0. The van der Waals surface area contributed by atoms with Gasteiger partial charge in [-0.05, 0) is 37.1 Å². The molecule has 1 nitrogen and oxygen atoms in total.